The SMILES string of the molecule is CC1CCCC(NCC(=O)Nc2ccccc2F)C1. The van der Waals surface area contributed by atoms with Gasteiger partial charge in [-0.05, 0) is 30.9 Å². The summed E-state index contributed by atoms with van der Waals surface area (Å²) in [5.41, 5.74) is 0.242. The molecule has 1 aliphatic rings. The Kier molecular flexibility index (Phi) is 4.91. The van der Waals surface area contributed by atoms with Crippen LogP contribution in [0.4, 0.5) is 10.1 Å². The molecule has 0 aliphatic heterocycles. The number of halogens is 1. The summed E-state index contributed by atoms with van der Waals surface area (Å²) in [5.74, 6) is 0.131. The van der Waals surface area contributed by atoms with Gasteiger partial charge in [0.2, 0.25) is 5.91 Å². The fraction of sp³-hybridized carbons (Fsp3) is 0.533. The Morgan fingerprint density at radius 2 is 2.16 bits per heavy atom. The predicted octanol–water partition coefficient (Wildman–Crippen LogP) is 2.93. The zero-order chi connectivity index (χ0) is 13.7. The van der Waals surface area contributed by atoms with Crippen LogP contribution in [0.1, 0.15) is 32.6 Å². The Balaban J connectivity index is 1.77. The molecule has 1 amide bonds. The number of benzene rings is 1. The van der Waals surface area contributed by atoms with Gasteiger partial charge in [0.25, 0.3) is 0 Å². The maximum absolute atomic E-state index is 13.4. The van der Waals surface area contributed by atoms with E-state index < -0.39 is 5.82 Å². The Labute approximate surface area is 113 Å². The Hall–Kier alpha value is -1.42. The van der Waals surface area contributed by atoms with E-state index in [1.807, 2.05) is 0 Å². The summed E-state index contributed by atoms with van der Waals surface area (Å²) in [6.07, 6.45) is 4.73. The Bertz CT molecular complexity index is 436. The number of carbonyl (C=O) groups excluding carboxylic acids is 1. The predicted molar refractivity (Wildman–Crippen MR) is 74.5 cm³/mol. The van der Waals surface area contributed by atoms with E-state index >= 15 is 0 Å². The van der Waals surface area contributed by atoms with Crippen molar-refractivity contribution in [3.8, 4) is 0 Å². The molecule has 1 aromatic carbocycles. The minimum absolute atomic E-state index is 0.191. The largest absolute Gasteiger partial charge is 0.322 e. The molecule has 2 atom stereocenters. The van der Waals surface area contributed by atoms with Gasteiger partial charge in [0, 0.05) is 6.04 Å². The van der Waals surface area contributed by atoms with Crippen molar-refractivity contribution >= 4 is 11.6 Å². The summed E-state index contributed by atoms with van der Waals surface area (Å²) in [4.78, 5) is 11.7. The van der Waals surface area contributed by atoms with Crippen LogP contribution in [0.3, 0.4) is 0 Å². The minimum Gasteiger partial charge on any atom is -0.322 e. The van der Waals surface area contributed by atoms with Gasteiger partial charge >= 0.3 is 0 Å². The molecule has 1 aromatic rings. The zero-order valence-corrected chi connectivity index (χ0v) is 11.3. The van der Waals surface area contributed by atoms with Gasteiger partial charge in [-0.15, -0.1) is 0 Å². The average Bonchev–Trinajstić information content (AvgIpc) is 2.39. The van der Waals surface area contributed by atoms with Crippen LogP contribution in [0.2, 0.25) is 0 Å². The number of nitrogens with one attached hydrogen (secondary N) is 2. The van der Waals surface area contributed by atoms with Crippen LogP contribution < -0.4 is 10.6 Å². The highest BCUT2D eigenvalue weighted by atomic mass is 19.1. The lowest BCUT2D eigenvalue weighted by Gasteiger charge is -2.27. The fourth-order valence-corrected chi connectivity index (χ4v) is 2.61. The van der Waals surface area contributed by atoms with Gasteiger partial charge in [-0.1, -0.05) is 31.9 Å². The molecule has 2 rings (SSSR count). The lowest BCUT2D eigenvalue weighted by atomic mass is 9.87. The molecule has 19 heavy (non-hydrogen) atoms. The van der Waals surface area contributed by atoms with E-state index in [9.17, 15) is 9.18 Å². The lowest BCUT2D eigenvalue weighted by molar-refractivity contribution is -0.115. The highest BCUT2D eigenvalue weighted by Crippen LogP contribution is 2.23. The third-order valence-corrected chi connectivity index (χ3v) is 3.64. The van der Waals surface area contributed by atoms with E-state index in [4.69, 9.17) is 0 Å². The smallest absolute Gasteiger partial charge is 0.238 e. The van der Waals surface area contributed by atoms with E-state index in [0.717, 1.165) is 18.8 Å². The first-order valence-electron chi connectivity index (χ1n) is 6.93. The van der Waals surface area contributed by atoms with Crippen LogP contribution in [0.5, 0.6) is 0 Å². The molecule has 2 unspecified atom stereocenters. The van der Waals surface area contributed by atoms with Gasteiger partial charge in [-0.3, -0.25) is 4.79 Å². The van der Waals surface area contributed by atoms with Crippen molar-refractivity contribution < 1.29 is 9.18 Å². The quantitative estimate of drug-likeness (QED) is 0.878. The van der Waals surface area contributed by atoms with Gasteiger partial charge in [0.05, 0.1) is 12.2 Å². The zero-order valence-electron chi connectivity index (χ0n) is 11.3. The summed E-state index contributed by atoms with van der Waals surface area (Å²) in [5, 5.41) is 5.84. The summed E-state index contributed by atoms with van der Waals surface area (Å²) in [7, 11) is 0. The molecule has 0 radical (unpaired) electrons. The molecule has 0 saturated heterocycles. The average molecular weight is 264 g/mol. The number of anilines is 1. The summed E-state index contributed by atoms with van der Waals surface area (Å²) in [6, 6.07) is 6.62. The topological polar surface area (TPSA) is 41.1 Å². The molecule has 0 aromatic heterocycles. The van der Waals surface area contributed by atoms with Crippen LogP contribution in [-0.2, 0) is 4.79 Å². The number of carbonyl (C=O) groups is 1. The maximum Gasteiger partial charge on any atom is 0.238 e. The fourth-order valence-electron chi connectivity index (χ4n) is 2.61. The molecular formula is C15H21FN2O. The number of amides is 1. The number of hydrogen-bond acceptors (Lipinski definition) is 2. The van der Waals surface area contributed by atoms with Gasteiger partial charge in [-0.2, -0.15) is 0 Å². The molecule has 1 fully saturated rings. The van der Waals surface area contributed by atoms with Crippen LogP contribution in [0.15, 0.2) is 24.3 Å². The Morgan fingerprint density at radius 3 is 2.89 bits per heavy atom. The molecule has 1 saturated carbocycles. The first-order valence-corrected chi connectivity index (χ1v) is 6.93. The van der Waals surface area contributed by atoms with Crippen LogP contribution >= 0.6 is 0 Å². The van der Waals surface area contributed by atoms with Crippen molar-refractivity contribution in [1.82, 2.24) is 5.32 Å². The molecule has 3 nitrogen and oxygen atoms in total. The van der Waals surface area contributed by atoms with E-state index in [-0.39, 0.29) is 18.1 Å². The van der Waals surface area contributed by atoms with Crippen molar-refractivity contribution in [3.05, 3.63) is 30.1 Å². The molecular weight excluding hydrogens is 243 g/mol. The second-order valence-corrected chi connectivity index (χ2v) is 5.38. The highest BCUT2D eigenvalue weighted by molar-refractivity contribution is 5.92. The van der Waals surface area contributed by atoms with Gasteiger partial charge in [0.1, 0.15) is 5.82 Å². The Morgan fingerprint density at radius 1 is 1.37 bits per heavy atom. The maximum atomic E-state index is 13.4. The van der Waals surface area contributed by atoms with E-state index in [0.29, 0.717) is 6.04 Å². The molecule has 0 bridgehead atoms. The molecule has 0 spiro atoms. The molecule has 0 heterocycles. The van der Waals surface area contributed by atoms with Crippen molar-refractivity contribution in [2.45, 2.75) is 38.6 Å². The molecule has 2 N–H and O–H groups in total. The summed E-state index contributed by atoms with van der Waals surface area (Å²) < 4.78 is 13.4. The third-order valence-electron chi connectivity index (χ3n) is 3.64. The molecule has 104 valence electrons. The second kappa shape index (κ2) is 6.66. The summed E-state index contributed by atoms with van der Waals surface area (Å²) >= 11 is 0. The van der Waals surface area contributed by atoms with Gasteiger partial charge in [-0.25, -0.2) is 4.39 Å². The van der Waals surface area contributed by atoms with Crippen LogP contribution in [0.25, 0.3) is 0 Å². The normalized spacial score (nSPS) is 23.1. The van der Waals surface area contributed by atoms with Crippen LogP contribution in [0, 0.1) is 11.7 Å². The second-order valence-electron chi connectivity index (χ2n) is 5.38. The first-order chi connectivity index (χ1) is 9.15. The summed E-state index contributed by atoms with van der Waals surface area (Å²) in [6.45, 7) is 2.49. The lowest BCUT2D eigenvalue weighted by Crippen LogP contribution is -2.38. The molecule has 4 heteroatoms. The van der Waals surface area contributed by atoms with Crippen molar-refractivity contribution in [1.29, 1.82) is 0 Å². The van der Waals surface area contributed by atoms with E-state index in [1.165, 1.54) is 18.9 Å². The number of rotatable bonds is 4. The minimum atomic E-state index is -0.401. The van der Waals surface area contributed by atoms with E-state index in [2.05, 4.69) is 17.6 Å². The third kappa shape index (κ3) is 4.31. The van der Waals surface area contributed by atoms with Crippen molar-refractivity contribution in [3.63, 3.8) is 0 Å². The van der Waals surface area contributed by atoms with Gasteiger partial charge in [0.15, 0.2) is 0 Å². The van der Waals surface area contributed by atoms with Crippen molar-refractivity contribution in [2.24, 2.45) is 5.92 Å². The highest BCUT2D eigenvalue weighted by Gasteiger charge is 2.19. The standard InChI is InChI=1S/C15H21FN2O/c1-11-5-4-6-12(9-11)17-10-15(19)18-14-8-3-2-7-13(14)16/h2-3,7-8,11-12,17H,4-6,9-10H2,1H3,(H,18,19). The number of hydrogen-bond donors (Lipinski definition) is 2. The van der Waals surface area contributed by atoms with E-state index in [1.54, 1.807) is 18.2 Å². The molecule has 1 aliphatic carbocycles. The number of para-hydroxylation sites is 1. The van der Waals surface area contributed by atoms with Gasteiger partial charge < -0.3 is 10.6 Å². The monoisotopic (exact) mass is 264 g/mol. The van der Waals surface area contributed by atoms with Crippen LogP contribution in [-0.4, -0.2) is 18.5 Å². The first kappa shape index (κ1) is 14.0. The van der Waals surface area contributed by atoms with Crippen molar-refractivity contribution in [2.75, 3.05) is 11.9 Å².